The largest absolute Gasteiger partial charge is 0.357 e. The molecule has 0 saturated heterocycles. The monoisotopic (exact) mass is 401 g/mol. The van der Waals surface area contributed by atoms with Gasteiger partial charge in [-0.1, -0.05) is 23.2 Å². The van der Waals surface area contributed by atoms with Gasteiger partial charge in [0.15, 0.2) is 0 Å². The normalized spacial score (nSPS) is 10.9. The van der Waals surface area contributed by atoms with Gasteiger partial charge in [-0.2, -0.15) is 0 Å². The van der Waals surface area contributed by atoms with E-state index in [1.54, 1.807) is 18.2 Å². The zero-order chi connectivity index (χ0) is 19.6. The molecule has 0 saturated carbocycles. The molecule has 0 radical (unpaired) electrons. The summed E-state index contributed by atoms with van der Waals surface area (Å²) in [6.45, 7) is 8.11. The number of benzene rings is 2. The van der Waals surface area contributed by atoms with Crippen LogP contribution in [0.5, 0.6) is 0 Å². The lowest BCUT2D eigenvalue weighted by atomic mass is 10.1. The Kier molecular flexibility index (Phi) is 5.88. The number of carbonyl (C=O) groups is 1. The highest BCUT2D eigenvalue weighted by Crippen LogP contribution is 2.26. The summed E-state index contributed by atoms with van der Waals surface area (Å²) < 4.78 is 0. The highest BCUT2D eigenvalue weighted by Gasteiger charge is 2.11. The predicted molar refractivity (Wildman–Crippen MR) is 114 cm³/mol. The summed E-state index contributed by atoms with van der Waals surface area (Å²) in [6.07, 6.45) is 0. The Labute approximate surface area is 169 Å². The summed E-state index contributed by atoms with van der Waals surface area (Å²) in [6, 6.07) is 12.6. The van der Waals surface area contributed by atoms with E-state index in [2.05, 4.69) is 37.1 Å². The molecular formula is C21H21Cl2N3O. The lowest BCUT2D eigenvalue weighted by Crippen LogP contribution is -2.23. The van der Waals surface area contributed by atoms with Gasteiger partial charge in [-0.05, 0) is 68.8 Å². The molecule has 0 spiro atoms. The van der Waals surface area contributed by atoms with Crippen LogP contribution in [0.15, 0.2) is 42.5 Å². The molecule has 6 heteroatoms. The maximum Gasteiger partial charge on any atom is 0.255 e. The fraction of sp³-hybridized carbons (Fsp3) is 0.238. The number of aryl methyl sites for hydroxylation is 1. The molecule has 0 fully saturated rings. The molecule has 1 amide bonds. The number of nitrogens with one attached hydrogen (secondary N) is 1. The minimum absolute atomic E-state index is 0.238. The lowest BCUT2D eigenvalue weighted by Gasteiger charge is -2.21. The van der Waals surface area contributed by atoms with E-state index in [1.807, 2.05) is 18.2 Å². The van der Waals surface area contributed by atoms with E-state index >= 15 is 0 Å². The first-order valence-corrected chi connectivity index (χ1v) is 9.61. The van der Waals surface area contributed by atoms with Gasteiger partial charge < -0.3 is 10.2 Å². The van der Waals surface area contributed by atoms with Gasteiger partial charge in [-0.3, -0.25) is 4.79 Å². The van der Waals surface area contributed by atoms with Crippen molar-refractivity contribution in [2.24, 2.45) is 0 Å². The molecule has 27 heavy (non-hydrogen) atoms. The van der Waals surface area contributed by atoms with Crippen LogP contribution in [0.4, 0.5) is 11.5 Å². The molecule has 0 atom stereocenters. The molecule has 4 nitrogen and oxygen atoms in total. The Balaban J connectivity index is 1.90. The fourth-order valence-electron chi connectivity index (χ4n) is 3.00. The number of carbonyl (C=O) groups excluding carboxylic acids is 1. The van der Waals surface area contributed by atoms with Crippen LogP contribution in [0.1, 0.15) is 29.8 Å². The number of rotatable bonds is 5. The second-order valence-corrected chi connectivity index (χ2v) is 7.10. The van der Waals surface area contributed by atoms with Crippen LogP contribution in [0, 0.1) is 6.92 Å². The highest BCUT2D eigenvalue weighted by atomic mass is 35.5. The standard InChI is InChI=1S/C21H21Cl2N3O/c1-4-26(5-2)20-10-13(3)16-12-15(7-9-19(16)25-20)24-21(27)14-6-8-17(22)18(23)11-14/h6-12H,4-5H2,1-3H3,(H,24,27). The fourth-order valence-corrected chi connectivity index (χ4v) is 3.30. The molecule has 0 bridgehead atoms. The Hall–Kier alpha value is -2.30. The molecule has 140 valence electrons. The molecule has 0 aliphatic carbocycles. The van der Waals surface area contributed by atoms with E-state index in [4.69, 9.17) is 28.2 Å². The van der Waals surface area contributed by atoms with Crippen molar-refractivity contribution < 1.29 is 4.79 Å². The topological polar surface area (TPSA) is 45.2 Å². The SMILES string of the molecule is CCN(CC)c1cc(C)c2cc(NC(=O)c3ccc(Cl)c(Cl)c3)ccc2n1. The van der Waals surface area contributed by atoms with Crippen molar-refractivity contribution in [3.63, 3.8) is 0 Å². The third-order valence-electron chi connectivity index (χ3n) is 4.53. The number of halogens is 2. The zero-order valence-electron chi connectivity index (χ0n) is 15.5. The first-order valence-electron chi connectivity index (χ1n) is 8.85. The number of hydrogen-bond acceptors (Lipinski definition) is 3. The molecule has 3 rings (SSSR count). The molecule has 1 N–H and O–H groups in total. The number of pyridine rings is 1. The van der Waals surface area contributed by atoms with Gasteiger partial charge in [-0.25, -0.2) is 4.98 Å². The van der Waals surface area contributed by atoms with Crippen molar-refractivity contribution in [2.45, 2.75) is 20.8 Å². The van der Waals surface area contributed by atoms with E-state index in [0.29, 0.717) is 21.3 Å². The highest BCUT2D eigenvalue weighted by molar-refractivity contribution is 6.42. The summed E-state index contributed by atoms with van der Waals surface area (Å²) in [4.78, 5) is 19.5. The molecular weight excluding hydrogens is 381 g/mol. The predicted octanol–water partition coefficient (Wildman–Crippen LogP) is 5.95. The summed E-state index contributed by atoms with van der Waals surface area (Å²) in [5, 5.41) is 4.69. The van der Waals surface area contributed by atoms with Crippen molar-refractivity contribution in [1.29, 1.82) is 0 Å². The number of hydrogen-bond donors (Lipinski definition) is 1. The Bertz CT molecular complexity index is 1000. The van der Waals surface area contributed by atoms with Crippen molar-refractivity contribution in [3.8, 4) is 0 Å². The second kappa shape index (κ2) is 8.15. The average molecular weight is 402 g/mol. The third kappa shape index (κ3) is 4.18. The van der Waals surface area contributed by atoms with Gasteiger partial charge in [-0.15, -0.1) is 0 Å². The number of fused-ring (bicyclic) bond motifs is 1. The Morgan fingerprint density at radius 2 is 1.78 bits per heavy atom. The van der Waals surface area contributed by atoms with Gasteiger partial charge in [0.1, 0.15) is 5.82 Å². The Morgan fingerprint density at radius 3 is 2.44 bits per heavy atom. The van der Waals surface area contributed by atoms with Gasteiger partial charge in [0.25, 0.3) is 5.91 Å². The van der Waals surface area contributed by atoms with Crippen molar-refractivity contribution >= 4 is 51.5 Å². The van der Waals surface area contributed by atoms with Crippen LogP contribution in [0.3, 0.4) is 0 Å². The molecule has 0 unspecified atom stereocenters. The van der Waals surface area contributed by atoms with Crippen LogP contribution in [0.2, 0.25) is 10.0 Å². The lowest BCUT2D eigenvalue weighted by molar-refractivity contribution is 0.102. The first-order chi connectivity index (χ1) is 12.9. The van der Waals surface area contributed by atoms with E-state index in [-0.39, 0.29) is 5.91 Å². The van der Waals surface area contributed by atoms with Crippen LogP contribution < -0.4 is 10.2 Å². The Morgan fingerprint density at radius 1 is 1.04 bits per heavy atom. The maximum absolute atomic E-state index is 12.5. The molecule has 0 aliphatic heterocycles. The van der Waals surface area contributed by atoms with Crippen LogP contribution in [0.25, 0.3) is 10.9 Å². The van der Waals surface area contributed by atoms with E-state index in [9.17, 15) is 4.79 Å². The molecule has 3 aromatic rings. The molecule has 1 aromatic heterocycles. The minimum atomic E-state index is -0.238. The zero-order valence-corrected chi connectivity index (χ0v) is 17.0. The van der Waals surface area contributed by atoms with Crippen molar-refractivity contribution in [3.05, 3.63) is 63.6 Å². The number of amides is 1. The summed E-state index contributed by atoms with van der Waals surface area (Å²) in [5.41, 5.74) is 3.19. The quantitative estimate of drug-likeness (QED) is 0.574. The molecule has 1 heterocycles. The smallest absolute Gasteiger partial charge is 0.255 e. The average Bonchev–Trinajstić information content (AvgIpc) is 2.65. The van der Waals surface area contributed by atoms with Crippen molar-refractivity contribution in [1.82, 2.24) is 4.98 Å². The number of aromatic nitrogens is 1. The molecule has 0 aliphatic rings. The third-order valence-corrected chi connectivity index (χ3v) is 5.27. The first kappa shape index (κ1) is 19.5. The van der Waals surface area contributed by atoms with Gasteiger partial charge in [0, 0.05) is 29.7 Å². The maximum atomic E-state index is 12.5. The van der Waals surface area contributed by atoms with Crippen LogP contribution in [-0.4, -0.2) is 24.0 Å². The minimum Gasteiger partial charge on any atom is -0.357 e. The van der Waals surface area contributed by atoms with E-state index in [1.165, 1.54) is 0 Å². The second-order valence-electron chi connectivity index (χ2n) is 6.28. The summed E-state index contributed by atoms with van der Waals surface area (Å²) in [5.74, 6) is 0.732. The van der Waals surface area contributed by atoms with E-state index < -0.39 is 0 Å². The number of nitrogens with zero attached hydrogens (tertiary/aromatic N) is 2. The summed E-state index contributed by atoms with van der Waals surface area (Å²) >= 11 is 11.9. The van der Waals surface area contributed by atoms with Gasteiger partial charge in [0.2, 0.25) is 0 Å². The van der Waals surface area contributed by atoms with Gasteiger partial charge in [0.05, 0.1) is 15.6 Å². The van der Waals surface area contributed by atoms with E-state index in [0.717, 1.165) is 35.4 Å². The summed E-state index contributed by atoms with van der Waals surface area (Å²) in [7, 11) is 0. The number of anilines is 2. The van der Waals surface area contributed by atoms with Crippen molar-refractivity contribution in [2.75, 3.05) is 23.3 Å². The molecule has 2 aromatic carbocycles. The van der Waals surface area contributed by atoms with Crippen LogP contribution >= 0.6 is 23.2 Å². The van der Waals surface area contributed by atoms with Crippen LogP contribution in [-0.2, 0) is 0 Å². The van der Waals surface area contributed by atoms with Gasteiger partial charge >= 0.3 is 0 Å².